The highest BCUT2D eigenvalue weighted by Crippen LogP contribution is 2.39. The Labute approximate surface area is 193 Å². The van der Waals surface area contributed by atoms with Crippen LogP contribution in [0.4, 0.5) is 18.0 Å². The van der Waals surface area contributed by atoms with E-state index in [2.05, 4.69) is 5.32 Å². The van der Waals surface area contributed by atoms with Crippen LogP contribution in [0.5, 0.6) is 5.75 Å². The molecule has 0 bridgehead atoms. The third-order valence-corrected chi connectivity index (χ3v) is 4.37. The molecule has 0 fully saturated rings. The SMILES string of the molecule is CC(C)(C)OC(=O)NCC(=O)OC1=C[C@H]2OC(C(F)(F)F)=C(Oc3ccccc3)C(=O)[C@H]2C=C1. The van der Waals surface area contributed by atoms with E-state index in [4.69, 9.17) is 18.9 Å². The Balaban J connectivity index is 1.72. The molecule has 0 spiro atoms. The van der Waals surface area contributed by atoms with Crippen LogP contribution >= 0.6 is 0 Å². The van der Waals surface area contributed by atoms with Gasteiger partial charge in [-0.05, 0) is 45.1 Å². The molecular formula is C23H22F3NO7. The fourth-order valence-electron chi connectivity index (χ4n) is 3.02. The number of ketones is 1. The van der Waals surface area contributed by atoms with Crippen LogP contribution < -0.4 is 10.1 Å². The van der Waals surface area contributed by atoms with Gasteiger partial charge in [-0.15, -0.1) is 0 Å². The van der Waals surface area contributed by atoms with Gasteiger partial charge in [-0.1, -0.05) is 24.3 Å². The summed E-state index contributed by atoms with van der Waals surface area (Å²) in [6.45, 7) is 4.38. The van der Waals surface area contributed by atoms with Gasteiger partial charge in [0.1, 0.15) is 29.8 Å². The first-order chi connectivity index (χ1) is 15.8. The number of rotatable bonds is 5. The highest BCUT2D eigenvalue weighted by atomic mass is 19.4. The van der Waals surface area contributed by atoms with Gasteiger partial charge in [0.2, 0.25) is 17.3 Å². The number of halogens is 3. The molecule has 1 aliphatic heterocycles. The van der Waals surface area contributed by atoms with Crippen LogP contribution in [-0.2, 0) is 23.8 Å². The molecule has 0 saturated heterocycles. The Bertz CT molecular complexity index is 1050. The number of allylic oxidation sites excluding steroid dienone is 3. The fourth-order valence-corrected chi connectivity index (χ4v) is 3.02. The molecule has 1 N–H and O–H groups in total. The summed E-state index contributed by atoms with van der Waals surface area (Å²) < 4.78 is 61.2. The van der Waals surface area contributed by atoms with Crippen LogP contribution in [0.3, 0.4) is 0 Å². The summed E-state index contributed by atoms with van der Waals surface area (Å²) in [4.78, 5) is 36.4. The summed E-state index contributed by atoms with van der Waals surface area (Å²) in [5, 5.41) is 2.20. The number of carbonyl (C=O) groups is 3. The van der Waals surface area contributed by atoms with E-state index in [1.54, 1.807) is 39.0 Å². The van der Waals surface area contributed by atoms with Crippen LogP contribution in [0.2, 0.25) is 0 Å². The number of esters is 1. The molecule has 1 heterocycles. The van der Waals surface area contributed by atoms with E-state index in [0.717, 1.165) is 6.08 Å². The highest BCUT2D eigenvalue weighted by Gasteiger charge is 2.50. The van der Waals surface area contributed by atoms with Gasteiger partial charge in [-0.2, -0.15) is 13.2 Å². The van der Waals surface area contributed by atoms with Crippen molar-refractivity contribution in [1.29, 1.82) is 0 Å². The minimum atomic E-state index is -5.01. The molecule has 0 saturated carbocycles. The fraction of sp³-hybridized carbons (Fsp3) is 0.348. The van der Waals surface area contributed by atoms with E-state index >= 15 is 0 Å². The molecule has 0 radical (unpaired) electrons. The second-order valence-electron chi connectivity index (χ2n) is 8.30. The third kappa shape index (κ3) is 6.40. The van der Waals surface area contributed by atoms with Crippen molar-refractivity contribution in [1.82, 2.24) is 5.32 Å². The van der Waals surface area contributed by atoms with Gasteiger partial charge in [0.15, 0.2) is 0 Å². The van der Waals surface area contributed by atoms with Gasteiger partial charge in [0, 0.05) is 0 Å². The van der Waals surface area contributed by atoms with Gasteiger partial charge in [0.05, 0.1) is 5.92 Å². The molecule has 8 nitrogen and oxygen atoms in total. The number of para-hydroxylation sites is 1. The number of Topliss-reactive ketones (excluding diaryl/α,β-unsaturated/α-hetero) is 1. The lowest BCUT2D eigenvalue weighted by molar-refractivity contribution is -0.156. The van der Waals surface area contributed by atoms with Crippen molar-refractivity contribution >= 4 is 17.8 Å². The zero-order valence-electron chi connectivity index (χ0n) is 18.5. The molecule has 3 rings (SSSR count). The minimum Gasteiger partial charge on any atom is -0.477 e. The lowest BCUT2D eigenvalue weighted by Gasteiger charge is -2.33. The monoisotopic (exact) mass is 481 g/mol. The number of hydrogen-bond donors (Lipinski definition) is 1. The minimum absolute atomic E-state index is 0.0390. The quantitative estimate of drug-likeness (QED) is 0.636. The van der Waals surface area contributed by atoms with E-state index in [-0.39, 0.29) is 11.5 Å². The lowest BCUT2D eigenvalue weighted by Crippen LogP contribution is -2.41. The zero-order chi connectivity index (χ0) is 25.1. The Kier molecular flexibility index (Phi) is 7.04. The summed E-state index contributed by atoms with van der Waals surface area (Å²) in [7, 11) is 0. The van der Waals surface area contributed by atoms with Crippen molar-refractivity contribution in [3.8, 4) is 5.75 Å². The predicted octanol–water partition coefficient (Wildman–Crippen LogP) is 3.95. The number of hydrogen-bond acceptors (Lipinski definition) is 7. The average Bonchev–Trinajstić information content (AvgIpc) is 2.73. The Morgan fingerprint density at radius 1 is 1.12 bits per heavy atom. The van der Waals surface area contributed by atoms with E-state index in [1.807, 2.05) is 0 Å². The van der Waals surface area contributed by atoms with Crippen LogP contribution in [-0.4, -0.2) is 42.3 Å². The molecule has 182 valence electrons. The van der Waals surface area contributed by atoms with Gasteiger partial charge in [-0.3, -0.25) is 4.79 Å². The Morgan fingerprint density at radius 3 is 2.41 bits per heavy atom. The maximum Gasteiger partial charge on any atom is 0.453 e. The molecular weight excluding hydrogens is 459 g/mol. The first-order valence-electron chi connectivity index (χ1n) is 10.2. The second-order valence-corrected chi connectivity index (χ2v) is 8.30. The van der Waals surface area contributed by atoms with E-state index in [9.17, 15) is 27.6 Å². The van der Waals surface area contributed by atoms with Crippen molar-refractivity contribution in [2.45, 2.75) is 38.7 Å². The maximum absolute atomic E-state index is 13.6. The molecule has 11 heteroatoms. The molecule has 1 aliphatic carbocycles. The number of amides is 1. The Morgan fingerprint density at radius 2 is 1.79 bits per heavy atom. The van der Waals surface area contributed by atoms with Crippen LogP contribution in [0.1, 0.15) is 20.8 Å². The number of ether oxygens (including phenoxy) is 4. The number of nitrogens with one attached hydrogen (secondary N) is 1. The molecule has 1 amide bonds. The van der Waals surface area contributed by atoms with Gasteiger partial charge in [0.25, 0.3) is 0 Å². The molecule has 0 aromatic heterocycles. The smallest absolute Gasteiger partial charge is 0.453 e. The largest absolute Gasteiger partial charge is 0.477 e. The summed E-state index contributed by atoms with van der Waals surface area (Å²) >= 11 is 0. The first kappa shape index (κ1) is 24.9. The molecule has 0 unspecified atom stereocenters. The van der Waals surface area contributed by atoms with E-state index < -0.39 is 59.7 Å². The first-order valence-corrected chi connectivity index (χ1v) is 10.2. The Hall–Kier alpha value is -3.76. The summed E-state index contributed by atoms with van der Waals surface area (Å²) in [6, 6.07) is 7.53. The molecule has 1 aromatic rings. The molecule has 1 aromatic carbocycles. The summed E-state index contributed by atoms with van der Waals surface area (Å²) in [5.41, 5.74) is -0.769. The van der Waals surface area contributed by atoms with Crippen LogP contribution in [0, 0.1) is 5.92 Å². The number of alkyl carbamates (subject to hydrolysis) is 1. The van der Waals surface area contributed by atoms with Gasteiger partial charge < -0.3 is 24.3 Å². The van der Waals surface area contributed by atoms with Crippen molar-refractivity contribution in [3.05, 3.63) is 65.8 Å². The second kappa shape index (κ2) is 9.62. The highest BCUT2D eigenvalue weighted by molar-refractivity contribution is 5.99. The van der Waals surface area contributed by atoms with E-state index in [0.29, 0.717) is 0 Å². The average molecular weight is 481 g/mol. The van der Waals surface area contributed by atoms with Crippen LogP contribution in [0.25, 0.3) is 0 Å². The normalized spacial score (nSPS) is 20.1. The number of alkyl halides is 3. The predicted molar refractivity (Wildman–Crippen MR) is 111 cm³/mol. The molecule has 2 atom stereocenters. The molecule has 2 aliphatic rings. The summed E-state index contributed by atoms with van der Waals surface area (Å²) in [6.07, 6.45) is -3.62. The van der Waals surface area contributed by atoms with Crippen molar-refractivity contribution < 1.29 is 46.5 Å². The summed E-state index contributed by atoms with van der Waals surface area (Å²) in [5.74, 6) is -5.59. The number of carbonyl (C=O) groups excluding carboxylic acids is 3. The topological polar surface area (TPSA) is 100 Å². The zero-order valence-corrected chi connectivity index (χ0v) is 18.5. The van der Waals surface area contributed by atoms with Gasteiger partial charge >= 0.3 is 18.2 Å². The maximum atomic E-state index is 13.6. The van der Waals surface area contributed by atoms with Crippen LogP contribution in [0.15, 0.2) is 65.8 Å². The lowest BCUT2D eigenvalue weighted by atomic mass is 9.89. The standard InChI is InChI=1S/C23H22F3NO7/c1-22(2,3)34-21(30)27-12-17(28)31-14-9-10-15-16(11-14)33-20(23(24,25)26)19(18(15)29)32-13-7-5-4-6-8-13/h4-11,15-16H,12H2,1-3H3,(H,27,30)/t15-,16+/m0/s1. The van der Waals surface area contributed by atoms with E-state index in [1.165, 1.54) is 24.3 Å². The van der Waals surface area contributed by atoms with Crippen molar-refractivity contribution in [3.63, 3.8) is 0 Å². The third-order valence-electron chi connectivity index (χ3n) is 4.37. The van der Waals surface area contributed by atoms with Gasteiger partial charge in [-0.25, -0.2) is 9.59 Å². The number of fused-ring (bicyclic) bond motifs is 1. The van der Waals surface area contributed by atoms with Crippen molar-refractivity contribution in [2.24, 2.45) is 5.92 Å². The van der Waals surface area contributed by atoms with Crippen molar-refractivity contribution in [2.75, 3.05) is 6.54 Å². The number of benzene rings is 1. The molecule has 34 heavy (non-hydrogen) atoms.